The lowest BCUT2D eigenvalue weighted by Crippen LogP contribution is -2.34. The number of nitrogens with one attached hydrogen (secondary N) is 4. The number of fused-ring (bicyclic) bond motifs is 4. The summed E-state index contributed by atoms with van der Waals surface area (Å²) in [5, 5.41) is 13.7. The number of carbonyl (C=O) groups excluding carboxylic acids is 8. The zero-order valence-electron chi connectivity index (χ0n) is 75.1. The first-order valence-corrected chi connectivity index (χ1v) is 46.3. The zero-order valence-corrected chi connectivity index (χ0v) is 78.1. The molecule has 0 aliphatic carbocycles. The van der Waals surface area contributed by atoms with Gasteiger partial charge in [0.05, 0.1) is 22.3 Å². The Morgan fingerprint density at radius 1 is 0.291 bits per heavy atom. The molecule has 8 aromatic carbocycles. The molecule has 4 N–H and O–H groups in total. The molecule has 134 heavy (non-hydrogen) atoms. The number of amides is 8. The number of benzene rings is 8. The van der Waals surface area contributed by atoms with Crippen LogP contribution in [-0.4, -0.2) is 219 Å². The van der Waals surface area contributed by atoms with Crippen molar-refractivity contribution in [1.29, 1.82) is 0 Å². The predicted molar refractivity (Wildman–Crippen MR) is 530 cm³/mol. The molecule has 0 radical (unpaired) electrons. The van der Waals surface area contributed by atoms with E-state index >= 15 is 0 Å². The molecule has 0 unspecified atom stereocenters. The molecule has 4 fully saturated rings. The highest BCUT2D eigenvalue weighted by molar-refractivity contribution is 6.40. The summed E-state index contributed by atoms with van der Waals surface area (Å²) in [4.78, 5) is 119. The highest BCUT2D eigenvalue weighted by atomic mass is 35.5. The van der Waals surface area contributed by atoms with Gasteiger partial charge in [-0.25, -0.2) is 0 Å². The van der Waals surface area contributed by atoms with Gasteiger partial charge in [0.2, 0.25) is 0 Å². The van der Waals surface area contributed by atoms with Crippen molar-refractivity contribution >= 4 is 162 Å². The van der Waals surface area contributed by atoms with Crippen LogP contribution in [-0.2, 0) is 19.2 Å². The van der Waals surface area contributed by atoms with Crippen LogP contribution < -0.4 is 21.3 Å². The zero-order chi connectivity index (χ0) is 93.5. The van der Waals surface area contributed by atoms with E-state index in [-0.39, 0.29) is 47.3 Å². The van der Waals surface area contributed by atoms with Gasteiger partial charge < -0.3 is 78.1 Å². The second-order valence-corrected chi connectivity index (χ2v) is 36.3. The Morgan fingerprint density at radius 2 is 0.590 bits per heavy atom. The van der Waals surface area contributed by atoms with Crippen LogP contribution in [0.4, 0.5) is 22.7 Å². The van der Waals surface area contributed by atoms with E-state index in [1.54, 1.807) is 84.9 Å². The second kappa shape index (κ2) is 41.0. The number of anilines is 4. The van der Waals surface area contributed by atoms with Gasteiger partial charge in [0.1, 0.15) is 46.1 Å². The summed E-state index contributed by atoms with van der Waals surface area (Å²) < 4.78 is 24.3. The van der Waals surface area contributed by atoms with Crippen LogP contribution in [0.5, 0.6) is 0 Å². The average molecular weight is 1880 g/mol. The fourth-order valence-corrected chi connectivity index (χ4v) is 18.3. The summed E-state index contributed by atoms with van der Waals surface area (Å²) in [5.41, 5.74) is 15.6. The maximum absolute atomic E-state index is 13.1. The third-order valence-corrected chi connectivity index (χ3v) is 26.1. The van der Waals surface area contributed by atoms with E-state index in [0.29, 0.717) is 111 Å². The number of hydrogen-bond acceptors (Lipinski definition) is 16. The minimum absolute atomic E-state index is 0.0390. The van der Waals surface area contributed by atoms with Crippen LogP contribution in [0.3, 0.4) is 0 Å². The number of nitrogens with zero attached hydrogens (tertiary/aromatic N) is 8. The predicted octanol–water partition coefficient (Wildman–Crippen LogP) is 20.3. The summed E-state index contributed by atoms with van der Waals surface area (Å²) >= 11 is 24.5. The third kappa shape index (κ3) is 21.1. The first-order chi connectivity index (χ1) is 64.8. The van der Waals surface area contributed by atoms with Gasteiger partial charge in [-0.1, -0.05) is 94.9 Å². The molecular weight excluding hydrogens is 1780 g/mol. The number of likely N-dealkylation sites (N-methyl/N-ethyl adjacent to an activating group) is 4. The average Bonchev–Trinajstić information content (AvgIpc) is 1.64. The van der Waals surface area contributed by atoms with Crippen molar-refractivity contribution in [3.8, 4) is 45.3 Å². The van der Waals surface area contributed by atoms with E-state index in [1.807, 2.05) is 179 Å². The Bertz CT molecular complexity index is 6700. The summed E-state index contributed by atoms with van der Waals surface area (Å²) in [6.45, 7) is 17.3. The lowest BCUT2D eigenvalue weighted by atomic mass is 10.0. The normalized spacial score (nSPS) is 17.8. The molecule has 8 aliphatic heterocycles. The van der Waals surface area contributed by atoms with Gasteiger partial charge >= 0.3 is 0 Å². The van der Waals surface area contributed by atoms with E-state index in [4.69, 9.17) is 64.1 Å². The van der Waals surface area contributed by atoms with E-state index < -0.39 is 0 Å². The Morgan fingerprint density at radius 3 is 0.948 bits per heavy atom. The smallest absolute Gasteiger partial charge is 0.256 e. The molecule has 684 valence electrons. The van der Waals surface area contributed by atoms with Gasteiger partial charge in [0.25, 0.3) is 47.3 Å². The Hall–Kier alpha value is -13.4. The number of carbonyl (C=O) groups is 8. The molecule has 0 spiro atoms. The van der Waals surface area contributed by atoms with Gasteiger partial charge in [-0.05, 0) is 276 Å². The van der Waals surface area contributed by atoms with E-state index in [2.05, 4.69) is 69.1 Å². The Kier molecular flexibility index (Phi) is 28.3. The lowest BCUT2D eigenvalue weighted by molar-refractivity contribution is -0.111. The second-order valence-electron chi connectivity index (χ2n) is 34.5. The molecule has 28 heteroatoms. The maximum atomic E-state index is 13.1. The standard InChI is InChI=1S/2C27H26ClN3O3.2C26H24ClN3O3/c1-17(25-21-16-20(28)8-9-22(21)29-26(25)32)23-10-11-24(34-23)18-4-6-19(7-5-18)27(33)31-13-3-12-30(2)14-15-31;1-17(25-21-16-20(28)7-8-22(21)29-26(25)32)23-9-10-24(34-23)18-5-3-6-19(15-18)27(33)31-12-4-11-30(2)13-14-31;1-29-11-2-12-30(14-13-29)26(32)18-5-3-17(4-6-18)24-10-8-20(33-24)16-22-21-15-19(27)7-9-23(21)28-25(22)31;1-29-10-3-11-30(13-12-29)26(32)18-5-2-4-17(14-18)24-9-7-20(33-24)16-22-21-15-19(27)6-8-23(21)28-25(22)31/h4-11,16H,3,12-15H2,1-2H3,(H,29,32);3,5-10,15-16H,4,11-14H2,1-2H3,(H,29,32);3-10,15-16H,2,11-14H2,1H3,(H,28,31);2,4-9,14-16H,3,10-13H2,1H3,(H,28,31)/b2*25-17+;2*22-16+. The quantitative estimate of drug-likeness (QED) is 0.0829. The van der Waals surface area contributed by atoms with Crippen molar-refractivity contribution in [2.75, 3.05) is 154 Å². The minimum atomic E-state index is -0.194. The van der Waals surface area contributed by atoms with E-state index in [9.17, 15) is 38.4 Å². The molecule has 0 bridgehead atoms. The monoisotopic (exact) mass is 1870 g/mol. The lowest BCUT2D eigenvalue weighted by Gasteiger charge is -2.20. The molecule has 4 aromatic heterocycles. The van der Waals surface area contributed by atoms with Crippen molar-refractivity contribution in [3.63, 3.8) is 0 Å². The molecule has 0 saturated carbocycles. The van der Waals surface area contributed by atoms with Gasteiger partial charge in [-0.15, -0.1) is 0 Å². The number of hydrogen-bond donors (Lipinski definition) is 4. The summed E-state index contributed by atoms with van der Waals surface area (Å²) in [6, 6.07) is 66.1. The molecule has 0 atom stereocenters. The fraction of sp³-hybridized carbons (Fsp3) is 0.245. The summed E-state index contributed by atoms with van der Waals surface area (Å²) in [7, 11) is 8.35. The number of furan rings is 4. The SMILES string of the molecule is C/C(=C1\C(=O)Nc2ccc(Cl)cc21)c1ccc(-c2ccc(C(=O)N3CCCN(C)CC3)cc2)o1.C/C(=C1\C(=O)Nc2ccc(Cl)cc21)c1ccc(-c2cccc(C(=O)N3CCCN(C)CC3)c2)o1.CN1CCCN(C(=O)c2ccc(-c3ccc(/C=C4/C(=O)Nc5ccc(Cl)cc54)o3)cc2)CC1.CN1CCCN(C(=O)c2cccc(-c3ccc(/C=C4/C(=O)Nc5ccc(Cl)cc54)o3)c2)CC1. The molecule has 8 amide bonds. The maximum Gasteiger partial charge on any atom is 0.256 e. The topological polar surface area (TPSA) is 263 Å². The molecule has 24 nitrogen and oxygen atoms in total. The highest BCUT2D eigenvalue weighted by Crippen LogP contribution is 2.44. The Labute approximate surface area is 797 Å². The largest absolute Gasteiger partial charge is 0.457 e. The molecule has 20 rings (SSSR count). The minimum Gasteiger partial charge on any atom is -0.457 e. The first-order valence-electron chi connectivity index (χ1n) is 44.8. The van der Waals surface area contributed by atoms with Crippen molar-refractivity contribution < 1.29 is 56.0 Å². The molecule has 4 saturated heterocycles. The van der Waals surface area contributed by atoms with Crippen LogP contribution >= 0.6 is 46.4 Å². The fourth-order valence-electron chi connectivity index (χ4n) is 17.6. The summed E-state index contributed by atoms with van der Waals surface area (Å²) in [5.74, 6) is 4.43. The molecule has 8 aliphatic rings. The number of allylic oxidation sites excluding steroid dienone is 2. The van der Waals surface area contributed by atoms with Crippen molar-refractivity contribution in [2.45, 2.75) is 39.5 Å². The van der Waals surface area contributed by atoms with Crippen LogP contribution in [0.25, 0.3) is 90.9 Å². The van der Waals surface area contributed by atoms with Crippen LogP contribution in [0.15, 0.2) is 236 Å². The van der Waals surface area contributed by atoms with Crippen molar-refractivity contribution in [1.82, 2.24) is 39.2 Å². The van der Waals surface area contributed by atoms with E-state index in [0.717, 1.165) is 209 Å². The van der Waals surface area contributed by atoms with Crippen LogP contribution in [0.1, 0.15) is 126 Å². The highest BCUT2D eigenvalue weighted by Gasteiger charge is 2.33. The van der Waals surface area contributed by atoms with Crippen molar-refractivity contribution in [3.05, 3.63) is 306 Å². The summed E-state index contributed by atoms with van der Waals surface area (Å²) in [6.07, 6.45) is 7.34. The van der Waals surface area contributed by atoms with Crippen molar-refractivity contribution in [2.24, 2.45) is 0 Å². The first kappa shape index (κ1) is 92.5. The van der Waals surface area contributed by atoms with Gasteiger partial charge in [0.15, 0.2) is 0 Å². The number of halogens is 4. The third-order valence-electron chi connectivity index (χ3n) is 25.2. The van der Waals surface area contributed by atoms with Gasteiger partial charge in [-0.3, -0.25) is 38.4 Å². The molecule has 12 heterocycles. The molecule has 12 aromatic rings. The van der Waals surface area contributed by atoms with Crippen LogP contribution in [0.2, 0.25) is 20.1 Å². The van der Waals surface area contributed by atoms with Gasteiger partial charge in [-0.2, -0.15) is 0 Å². The van der Waals surface area contributed by atoms with E-state index in [1.165, 1.54) is 0 Å². The van der Waals surface area contributed by atoms with Crippen LogP contribution in [0, 0.1) is 0 Å². The Balaban J connectivity index is 0.000000124. The number of rotatable bonds is 12. The molecular formula is C106H100Cl4N12O12. The van der Waals surface area contributed by atoms with Gasteiger partial charge in [0, 0.05) is 199 Å².